The number of methoxy groups -OCH3 is 1. The number of halogens is 1. The van der Waals surface area contributed by atoms with E-state index in [4.69, 9.17) is 16.3 Å². The summed E-state index contributed by atoms with van der Waals surface area (Å²) in [5.74, 6) is -0.239. The summed E-state index contributed by atoms with van der Waals surface area (Å²) in [6, 6.07) is 15.0. The normalized spacial score (nSPS) is 19.2. The molecule has 5 nitrogen and oxygen atoms in total. The Bertz CT molecular complexity index is 884. The summed E-state index contributed by atoms with van der Waals surface area (Å²) < 4.78 is 5.05. The number of amides is 2. The van der Waals surface area contributed by atoms with Crippen LogP contribution in [0.2, 0.25) is 5.02 Å². The third-order valence-corrected chi connectivity index (χ3v) is 5.87. The van der Waals surface area contributed by atoms with Crippen molar-refractivity contribution in [2.75, 3.05) is 26.8 Å². The summed E-state index contributed by atoms with van der Waals surface area (Å²) in [5, 5.41) is 3.65. The zero-order valence-corrected chi connectivity index (χ0v) is 17.8. The topological polar surface area (TPSA) is 58.6 Å². The Kier molecular flexibility index (Phi) is 6.60. The molecule has 2 aromatic carbocycles. The molecule has 0 aliphatic carbocycles. The Morgan fingerprint density at radius 1 is 1.21 bits per heavy atom. The molecule has 1 aliphatic rings. The quantitative estimate of drug-likeness (QED) is 0.665. The van der Waals surface area contributed by atoms with Gasteiger partial charge in [0.15, 0.2) is 0 Å². The average molecular weight is 415 g/mol. The van der Waals surface area contributed by atoms with E-state index in [0.717, 1.165) is 17.5 Å². The Morgan fingerprint density at radius 3 is 2.59 bits per heavy atom. The SMILES string of the molecule is COCCCNC(=O)[C@]1(C)c2ccccc2C(=O)N1C[C@H](C)c1ccc(Cl)cc1. The van der Waals surface area contributed by atoms with E-state index in [0.29, 0.717) is 30.3 Å². The van der Waals surface area contributed by atoms with Crippen LogP contribution >= 0.6 is 11.6 Å². The summed E-state index contributed by atoms with van der Waals surface area (Å²) in [5.41, 5.74) is 1.35. The summed E-state index contributed by atoms with van der Waals surface area (Å²) in [4.78, 5) is 28.2. The van der Waals surface area contributed by atoms with Gasteiger partial charge in [-0.25, -0.2) is 0 Å². The second-order valence-electron chi connectivity index (χ2n) is 7.59. The van der Waals surface area contributed by atoms with Crippen LogP contribution in [0.1, 0.15) is 47.7 Å². The number of ether oxygens (including phenoxy) is 1. The monoisotopic (exact) mass is 414 g/mol. The lowest BCUT2D eigenvalue weighted by atomic mass is 9.89. The zero-order valence-electron chi connectivity index (χ0n) is 17.1. The largest absolute Gasteiger partial charge is 0.385 e. The molecule has 0 spiro atoms. The number of hydrogen-bond acceptors (Lipinski definition) is 3. The summed E-state index contributed by atoms with van der Waals surface area (Å²) in [6.07, 6.45) is 0.717. The lowest BCUT2D eigenvalue weighted by molar-refractivity contribution is -0.131. The Labute approximate surface area is 177 Å². The number of fused-ring (bicyclic) bond motifs is 1. The number of carbonyl (C=O) groups is 2. The molecule has 1 heterocycles. The zero-order chi connectivity index (χ0) is 21.0. The van der Waals surface area contributed by atoms with Gasteiger partial charge in [0.25, 0.3) is 5.91 Å². The maximum atomic E-state index is 13.2. The first-order valence-electron chi connectivity index (χ1n) is 9.83. The van der Waals surface area contributed by atoms with Gasteiger partial charge in [0, 0.05) is 37.4 Å². The van der Waals surface area contributed by atoms with Crippen molar-refractivity contribution >= 4 is 23.4 Å². The van der Waals surface area contributed by atoms with Crippen molar-refractivity contribution in [3.05, 3.63) is 70.2 Å². The van der Waals surface area contributed by atoms with E-state index in [1.165, 1.54) is 0 Å². The van der Waals surface area contributed by atoms with Gasteiger partial charge in [-0.3, -0.25) is 9.59 Å². The molecule has 1 aliphatic heterocycles. The van der Waals surface area contributed by atoms with E-state index in [9.17, 15) is 9.59 Å². The standard InChI is InChI=1S/C23H27ClN2O3/c1-16(17-9-11-18(24)12-10-17)15-26-21(27)19-7-4-5-8-20(19)23(26,2)22(28)25-13-6-14-29-3/h4-5,7-12,16H,6,13-15H2,1-3H3,(H,25,28)/t16-,23-/m0/s1. The van der Waals surface area contributed by atoms with Gasteiger partial charge in [-0.05, 0) is 48.6 Å². The minimum absolute atomic E-state index is 0.0474. The van der Waals surface area contributed by atoms with Crippen LogP contribution in [0, 0.1) is 0 Å². The van der Waals surface area contributed by atoms with Crippen molar-refractivity contribution < 1.29 is 14.3 Å². The highest BCUT2D eigenvalue weighted by molar-refractivity contribution is 6.30. The van der Waals surface area contributed by atoms with Crippen LogP contribution in [0.15, 0.2) is 48.5 Å². The number of nitrogens with zero attached hydrogens (tertiary/aromatic N) is 1. The maximum absolute atomic E-state index is 13.2. The predicted octanol–water partition coefficient (Wildman–Crippen LogP) is 3.97. The Morgan fingerprint density at radius 2 is 1.90 bits per heavy atom. The summed E-state index contributed by atoms with van der Waals surface area (Å²) >= 11 is 6.00. The summed E-state index contributed by atoms with van der Waals surface area (Å²) in [7, 11) is 1.63. The van der Waals surface area contributed by atoms with Gasteiger partial charge in [-0.15, -0.1) is 0 Å². The van der Waals surface area contributed by atoms with Crippen molar-refractivity contribution in [1.29, 1.82) is 0 Å². The lowest BCUT2D eigenvalue weighted by Gasteiger charge is -2.36. The molecular formula is C23H27ClN2O3. The molecule has 0 unspecified atom stereocenters. The number of rotatable bonds is 8. The molecule has 0 fully saturated rings. The van der Waals surface area contributed by atoms with Gasteiger partial charge in [-0.1, -0.05) is 48.9 Å². The van der Waals surface area contributed by atoms with Crippen LogP contribution in [-0.4, -0.2) is 43.5 Å². The molecule has 29 heavy (non-hydrogen) atoms. The molecule has 0 aromatic heterocycles. The molecular weight excluding hydrogens is 388 g/mol. The van der Waals surface area contributed by atoms with Crippen LogP contribution in [0.5, 0.6) is 0 Å². The van der Waals surface area contributed by atoms with Crippen molar-refractivity contribution in [2.24, 2.45) is 0 Å². The first-order chi connectivity index (χ1) is 13.9. The number of carbonyl (C=O) groups excluding carboxylic acids is 2. The smallest absolute Gasteiger partial charge is 0.255 e. The van der Waals surface area contributed by atoms with Gasteiger partial charge in [0.1, 0.15) is 5.54 Å². The molecule has 0 saturated heterocycles. The van der Waals surface area contributed by atoms with E-state index >= 15 is 0 Å². The van der Waals surface area contributed by atoms with E-state index in [2.05, 4.69) is 12.2 Å². The maximum Gasteiger partial charge on any atom is 0.255 e. The van der Waals surface area contributed by atoms with Gasteiger partial charge >= 0.3 is 0 Å². The van der Waals surface area contributed by atoms with Gasteiger partial charge < -0.3 is 15.0 Å². The van der Waals surface area contributed by atoms with Crippen molar-refractivity contribution in [2.45, 2.75) is 31.7 Å². The fourth-order valence-corrected chi connectivity index (χ4v) is 3.99. The fraction of sp³-hybridized carbons (Fsp3) is 0.391. The van der Waals surface area contributed by atoms with E-state index < -0.39 is 5.54 Å². The third-order valence-electron chi connectivity index (χ3n) is 5.62. The molecule has 0 bridgehead atoms. The Hall–Kier alpha value is -2.37. The highest BCUT2D eigenvalue weighted by atomic mass is 35.5. The molecule has 154 valence electrons. The first-order valence-corrected chi connectivity index (χ1v) is 10.2. The van der Waals surface area contributed by atoms with Crippen LogP contribution in [0.25, 0.3) is 0 Å². The predicted molar refractivity (Wildman–Crippen MR) is 114 cm³/mol. The second kappa shape index (κ2) is 8.97. The molecule has 3 rings (SSSR count). The molecule has 2 amide bonds. The average Bonchev–Trinajstić information content (AvgIpc) is 2.94. The molecule has 0 saturated carbocycles. The molecule has 6 heteroatoms. The molecule has 1 N–H and O–H groups in total. The van der Waals surface area contributed by atoms with Crippen LogP contribution < -0.4 is 5.32 Å². The van der Waals surface area contributed by atoms with Gasteiger partial charge in [0.2, 0.25) is 5.91 Å². The van der Waals surface area contributed by atoms with Crippen LogP contribution in [-0.2, 0) is 15.1 Å². The minimum Gasteiger partial charge on any atom is -0.385 e. The third kappa shape index (κ3) is 4.16. The Balaban J connectivity index is 1.88. The summed E-state index contributed by atoms with van der Waals surface area (Å²) in [6.45, 7) is 5.38. The lowest BCUT2D eigenvalue weighted by Crippen LogP contribution is -2.53. The second-order valence-corrected chi connectivity index (χ2v) is 8.02. The highest BCUT2D eigenvalue weighted by Gasteiger charge is 2.51. The van der Waals surface area contributed by atoms with Crippen LogP contribution in [0.4, 0.5) is 0 Å². The van der Waals surface area contributed by atoms with Gasteiger partial charge in [0.05, 0.1) is 0 Å². The van der Waals surface area contributed by atoms with Crippen molar-refractivity contribution in [3.63, 3.8) is 0 Å². The molecule has 2 atom stereocenters. The van der Waals surface area contributed by atoms with Crippen LogP contribution in [0.3, 0.4) is 0 Å². The van der Waals surface area contributed by atoms with E-state index in [-0.39, 0.29) is 17.7 Å². The van der Waals surface area contributed by atoms with Crippen molar-refractivity contribution in [3.8, 4) is 0 Å². The first kappa shape index (κ1) is 21.3. The highest BCUT2D eigenvalue weighted by Crippen LogP contribution is 2.40. The molecule has 2 aromatic rings. The van der Waals surface area contributed by atoms with Crippen molar-refractivity contribution in [1.82, 2.24) is 10.2 Å². The minimum atomic E-state index is -1.05. The number of hydrogen-bond donors (Lipinski definition) is 1. The fourth-order valence-electron chi connectivity index (χ4n) is 3.86. The van der Waals surface area contributed by atoms with E-state index in [1.807, 2.05) is 49.4 Å². The number of benzene rings is 2. The van der Waals surface area contributed by atoms with Gasteiger partial charge in [-0.2, -0.15) is 0 Å². The number of nitrogens with one attached hydrogen (secondary N) is 1. The molecule has 0 radical (unpaired) electrons. The van der Waals surface area contributed by atoms with E-state index in [1.54, 1.807) is 18.1 Å².